The number of nitrogens with one attached hydrogen (secondary N) is 1. The van der Waals surface area contributed by atoms with Crippen molar-refractivity contribution in [1.29, 1.82) is 0 Å². The van der Waals surface area contributed by atoms with E-state index in [1.165, 1.54) is 12.1 Å². The molecule has 1 aliphatic carbocycles. The van der Waals surface area contributed by atoms with Gasteiger partial charge in [0.05, 0.1) is 17.0 Å². The number of sulfone groups is 1. The van der Waals surface area contributed by atoms with Gasteiger partial charge in [-0.3, -0.25) is 4.79 Å². The summed E-state index contributed by atoms with van der Waals surface area (Å²) in [5.74, 6) is -0.531. The monoisotopic (exact) mass is 375 g/mol. The number of alkyl halides is 2. The molecule has 1 unspecified atom stereocenters. The van der Waals surface area contributed by atoms with Gasteiger partial charge in [-0.15, -0.1) is 0 Å². The van der Waals surface area contributed by atoms with Crippen LogP contribution in [0.25, 0.3) is 0 Å². The predicted octanol–water partition coefficient (Wildman–Crippen LogP) is 3.21. The van der Waals surface area contributed by atoms with E-state index in [9.17, 15) is 22.0 Å². The third-order valence-corrected chi connectivity index (χ3v) is 6.64. The zero-order valence-corrected chi connectivity index (χ0v) is 14.9. The lowest BCUT2D eigenvalue weighted by molar-refractivity contribution is -0.121. The second-order valence-electron chi connectivity index (χ2n) is 6.26. The molecule has 0 saturated heterocycles. The highest BCUT2D eigenvalue weighted by Gasteiger charge is 2.29. The van der Waals surface area contributed by atoms with Crippen molar-refractivity contribution in [3.8, 4) is 5.75 Å². The molecule has 1 amide bonds. The van der Waals surface area contributed by atoms with E-state index in [1.54, 1.807) is 19.1 Å². The summed E-state index contributed by atoms with van der Waals surface area (Å²) < 4.78 is 53.2. The third-order valence-electron chi connectivity index (χ3n) is 4.38. The fraction of sp³-hybridized carbons (Fsp3) is 0.588. The largest absolute Gasteiger partial charge is 0.435 e. The molecule has 0 spiro atoms. The summed E-state index contributed by atoms with van der Waals surface area (Å²) in [4.78, 5) is 12.0. The zero-order valence-electron chi connectivity index (χ0n) is 14.1. The fourth-order valence-electron chi connectivity index (χ4n) is 3.01. The molecule has 1 N–H and O–H groups in total. The van der Waals surface area contributed by atoms with E-state index >= 15 is 0 Å². The van der Waals surface area contributed by atoms with Crippen LogP contribution in [0, 0.1) is 0 Å². The minimum atomic E-state index is -3.24. The van der Waals surface area contributed by atoms with Gasteiger partial charge in [0.15, 0.2) is 9.84 Å². The van der Waals surface area contributed by atoms with E-state index in [4.69, 9.17) is 0 Å². The molecule has 0 aliphatic heterocycles. The second kappa shape index (κ2) is 8.60. The number of carbonyl (C=O) groups excluding carboxylic acids is 1. The van der Waals surface area contributed by atoms with Gasteiger partial charge < -0.3 is 10.1 Å². The highest BCUT2D eigenvalue weighted by atomic mass is 32.2. The summed E-state index contributed by atoms with van der Waals surface area (Å²) in [6.07, 6.45) is 3.10. The van der Waals surface area contributed by atoms with E-state index < -0.39 is 22.5 Å². The Bertz CT molecular complexity index is 688. The Hall–Kier alpha value is -1.70. The number of hydrogen-bond donors (Lipinski definition) is 1. The van der Waals surface area contributed by atoms with Crippen molar-refractivity contribution >= 4 is 15.7 Å². The molecule has 1 aliphatic rings. The first-order valence-electron chi connectivity index (χ1n) is 8.33. The van der Waals surface area contributed by atoms with E-state index in [0.717, 1.165) is 12.8 Å². The summed E-state index contributed by atoms with van der Waals surface area (Å²) in [6.45, 7) is -1.22. The van der Waals surface area contributed by atoms with Gasteiger partial charge in [-0.2, -0.15) is 8.78 Å². The summed E-state index contributed by atoms with van der Waals surface area (Å²) in [7, 11) is -3.24. The molecule has 0 radical (unpaired) electrons. The highest BCUT2D eigenvalue weighted by molar-refractivity contribution is 7.92. The van der Waals surface area contributed by atoms with Crippen LogP contribution in [0.4, 0.5) is 8.78 Å². The van der Waals surface area contributed by atoms with Crippen molar-refractivity contribution < 1.29 is 26.7 Å². The van der Waals surface area contributed by atoms with Gasteiger partial charge in [0, 0.05) is 6.42 Å². The van der Waals surface area contributed by atoms with Gasteiger partial charge in [0.2, 0.25) is 5.91 Å². The van der Waals surface area contributed by atoms with Gasteiger partial charge in [0.1, 0.15) is 5.75 Å². The topological polar surface area (TPSA) is 72.5 Å². The number of amides is 1. The van der Waals surface area contributed by atoms with Gasteiger partial charge >= 0.3 is 6.61 Å². The highest BCUT2D eigenvalue weighted by Crippen LogP contribution is 2.25. The molecule has 1 atom stereocenters. The summed E-state index contributed by atoms with van der Waals surface area (Å²) in [6, 6.07) is 5.62. The maximum Gasteiger partial charge on any atom is 0.387 e. The molecular weight excluding hydrogens is 352 g/mol. The first-order chi connectivity index (χ1) is 11.8. The minimum Gasteiger partial charge on any atom is -0.435 e. The molecule has 0 bridgehead atoms. The molecule has 0 aromatic heterocycles. The van der Waals surface area contributed by atoms with Crippen LogP contribution >= 0.6 is 0 Å². The van der Waals surface area contributed by atoms with Gasteiger partial charge in [-0.25, -0.2) is 8.42 Å². The number of benzene rings is 1. The van der Waals surface area contributed by atoms with Crippen LogP contribution in [0.15, 0.2) is 24.3 Å². The van der Waals surface area contributed by atoms with Crippen molar-refractivity contribution in [2.24, 2.45) is 0 Å². The van der Waals surface area contributed by atoms with E-state index in [1.807, 2.05) is 0 Å². The van der Waals surface area contributed by atoms with E-state index in [-0.39, 0.29) is 29.1 Å². The average Bonchev–Trinajstić information content (AvgIpc) is 3.08. The quantitative estimate of drug-likeness (QED) is 0.757. The lowest BCUT2D eigenvalue weighted by Crippen LogP contribution is -2.30. The minimum absolute atomic E-state index is 0.0115. The predicted molar refractivity (Wildman–Crippen MR) is 90.3 cm³/mol. The first-order valence-corrected chi connectivity index (χ1v) is 10.0. The lowest BCUT2D eigenvalue weighted by Gasteiger charge is -2.16. The third kappa shape index (κ3) is 5.95. The molecule has 8 heteroatoms. The van der Waals surface area contributed by atoms with Crippen molar-refractivity contribution in [1.82, 2.24) is 5.32 Å². The molecule has 2 rings (SSSR count). The number of ether oxygens (including phenoxy) is 1. The number of rotatable bonds is 8. The number of halogens is 2. The van der Waals surface area contributed by atoms with Crippen LogP contribution in [0.3, 0.4) is 0 Å². The van der Waals surface area contributed by atoms with Crippen LogP contribution < -0.4 is 10.1 Å². The van der Waals surface area contributed by atoms with Crippen molar-refractivity contribution in [2.45, 2.75) is 56.9 Å². The Morgan fingerprint density at radius 2 is 2.00 bits per heavy atom. The Morgan fingerprint density at radius 3 is 2.64 bits per heavy atom. The van der Waals surface area contributed by atoms with Crippen LogP contribution in [0.2, 0.25) is 0 Å². The van der Waals surface area contributed by atoms with Crippen molar-refractivity contribution in [3.63, 3.8) is 0 Å². The van der Waals surface area contributed by atoms with Crippen LogP contribution in [-0.4, -0.2) is 31.9 Å². The van der Waals surface area contributed by atoms with E-state index in [2.05, 4.69) is 10.1 Å². The molecule has 5 nitrogen and oxygen atoms in total. The zero-order chi connectivity index (χ0) is 18.4. The standard InChI is InChI=1S/C17H23F2NO4S/c1-12(13-5-4-6-14(11-13)24-17(18)19)20-16(21)9-10-25(22,23)15-7-2-3-8-15/h4-6,11-12,15,17H,2-3,7-10H2,1H3,(H,20,21). The molecule has 140 valence electrons. The lowest BCUT2D eigenvalue weighted by atomic mass is 10.1. The number of carbonyl (C=O) groups is 1. The Balaban J connectivity index is 1.87. The SMILES string of the molecule is CC(NC(=O)CCS(=O)(=O)C1CCCC1)c1cccc(OC(F)F)c1. The molecule has 1 fully saturated rings. The molecule has 1 aromatic carbocycles. The van der Waals surface area contributed by atoms with Crippen LogP contribution in [0.1, 0.15) is 50.6 Å². The van der Waals surface area contributed by atoms with Crippen molar-refractivity contribution in [3.05, 3.63) is 29.8 Å². The summed E-state index contributed by atoms with van der Waals surface area (Å²) in [5, 5.41) is 2.37. The number of hydrogen-bond acceptors (Lipinski definition) is 4. The van der Waals surface area contributed by atoms with Gasteiger partial charge in [-0.1, -0.05) is 25.0 Å². The fourth-order valence-corrected chi connectivity index (χ4v) is 4.86. The van der Waals surface area contributed by atoms with Crippen molar-refractivity contribution in [2.75, 3.05) is 5.75 Å². The summed E-state index contributed by atoms with van der Waals surface area (Å²) >= 11 is 0. The smallest absolute Gasteiger partial charge is 0.387 e. The Kier molecular flexibility index (Phi) is 6.75. The van der Waals surface area contributed by atoms with Gasteiger partial charge in [-0.05, 0) is 37.5 Å². The normalized spacial score (nSPS) is 16.8. The summed E-state index contributed by atoms with van der Waals surface area (Å²) in [5.41, 5.74) is 0.602. The van der Waals surface area contributed by atoms with Crippen LogP contribution in [0.5, 0.6) is 5.75 Å². The van der Waals surface area contributed by atoms with Gasteiger partial charge in [0.25, 0.3) is 0 Å². The maximum atomic E-state index is 12.3. The Morgan fingerprint density at radius 1 is 1.32 bits per heavy atom. The second-order valence-corrected chi connectivity index (χ2v) is 8.66. The Labute approximate surface area is 146 Å². The molecule has 1 aromatic rings. The maximum absolute atomic E-state index is 12.3. The molecule has 25 heavy (non-hydrogen) atoms. The molecule has 1 saturated carbocycles. The average molecular weight is 375 g/mol. The van der Waals surface area contributed by atoms with E-state index in [0.29, 0.717) is 18.4 Å². The first kappa shape index (κ1) is 19.6. The molecular formula is C17H23F2NO4S. The van der Waals surface area contributed by atoms with Crippen LogP contribution in [-0.2, 0) is 14.6 Å². The molecule has 0 heterocycles.